The molecule has 0 saturated heterocycles. The van der Waals surface area contributed by atoms with Crippen LogP contribution < -0.4 is 0 Å². The third-order valence-electron chi connectivity index (χ3n) is 9.33. The van der Waals surface area contributed by atoms with Gasteiger partial charge in [-0.3, -0.25) is 18.6 Å². The second-order valence-electron chi connectivity index (χ2n) is 16.1. The standard InChI is InChI=1S/C46H84NO8P/c1-6-8-10-12-14-16-18-20-22-23-25-27-29-31-33-35-37-39-46(49)55-44(43-54-56(50,51)53-41-40-47(3,4)5)42-52-45(48)38-36-34-32-30-28-26-24-21-19-17-15-13-11-9-7-2/h20,22,25-28,31,33,44H,6-19,21,23-24,29-30,32,34-43H2,1-5H3/p+1/b22-20+,27-25+,28-26+,33-31+/t44-/m1/s1. The van der Waals surface area contributed by atoms with Crippen molar-refractivity contribution in [2.45, 2.75) is 187 Å². The predicted molar refractivity (Wildman–Crippen MR) is 233 cm³/mol. The first-order valence-electron chi connectivity index (χ1n) is 22.4. The number of carbonyl (C=O) groups excluding carboxylic acids is 2. The Bertz CT molecular complexity index is 1100. The molecular formula is C46H85NO8P+. The Kier molecular flexibility index (Phi) is 37.1. The Labute approximate surface area is 343 Å². The highest BCUT2D eigenvalue weighted by atomic mass is 31.2. The van der Waals surface area contributed by atoms with Crippen LogP contribution in [0.4, 0.5) is 0 Å². The van der Waals surface area contributed by atoms with Gasteiger partial charge in [-0.25, -0.2) is 4.57 Å². The predicted octanol–water partition coefficient (Wildman–Crippen LogP) is 12.7. The Morgan fingerprint density at radius 2 is 0.982 bits per heavy atom. The zero-order valence-electron chi connectivity index (χ0n) is 36.6. The molecule has 2 atom stereocenters. The van der Waals surface area contributed by atoms with E-state index in [1.807, 2.05) is 21.1 Å². The average Bonchev–Trinajstić information content (AvgIpc) is 3.15. The van der Waals surface area contributed by atoms with Crippen molar-refractivity contribution in [1.29, 1.82) is 0 Å². The third kappa shape index (κ3) is 41.6. The molecule has 326 valence electrons. The lowest BCUT2D eigenvalue weighted by atomic mass is 10.1. The monoisotopic (exact) mass is 811 g/mol. The summed E-state index contributed by atoms with van der Waals surface area (Å²) in [5.41, 5.74) is 0. The van der Waals surface area contributed by atoms with Crippen molar-refractivity contribution in [3.8, 4) is 0 Å². The van der Waals surface area contributed by atoms with Gasteiger partial charge < -0.3 is 18.9 Å². The normalized spacial score (nSPS) is 14.0. The van der Waals surface area contributed by atoms with Crippen LogP contribution in [0.25, 0.3) is 0 Å². The van der Waals surface area contributed by atoms with E-state index in [0.29, 0.717) is 23.9 Å². The van der Waals surface area contributed by atoms with Gasteiger partial charge in [0.05, 0.1) is 27.7 Å². The van der Waals surface area contributed by atoms with Crippen LogP contribution in [-0.4, -0.2) is 74.9 Å². The van der Waals surface area contributed by atoms with E-state index in [1.165, 1.54) is 89.9 Å². The molecule has 0 aromatic rings. The first-order valence-corrected chi connectivity index (χ1v) is 23.9. The maximum Gasteiger partial charge on any atom is 0.472 e. The molecule has 0 heterocycles. The van der Waals surface area contributed by atoms with Crippen molar-refractivity contribution in [1.82, 2.24) is 0 Å². The molecule has 0 rings (SSSR count). The molecule has 9 nitrogen and oxygen atoms in total. The van der Waals surface area contributed by atoms with Crippen molar-refractivity contribution in [2.75, 3.05) is 47.5 Å². The fraction of sp³-hybridized carbons (Fsp3) is 0.783. The lowest BCUT2D eigenvalue weighted by Crippen LogP contribution is -2.37. The van der Waals surface area contributed by atoms with Gasteiger partial charge in [-0.15, -0.1) is 0 Å². The lowest BCUT2D eigenvalue weighted by molar-refractivity contribution is -0.870. The lowest BCUT2D eigenvalue weighted by Gasteiger charge is -2.24. The summed E-state index contributed by atoms with van der Waals surface area (Å²) in [6.07, 6.45) is 44.5. The highest BCUT2D eigenvalue weighted by Crippen LogP contribution is 2.43. The van der Waals surface area contributed by atoms with Crippen molar-refractivity contribution < 1.29 is 42.1 Å². The molecule has 0 spiro atoms. The fourth-order valence-corrected chi connectivity index (χ4v) is 6.53. The van der Waals surface area contributed by atoms with E-state index >= 15 is 0 Å². The summed E-state index contributed by atoms with van der Waals surface area (Å²) in [5.74, 6) is -0.879. The first kappa shape index (κ1) is 54.0. The van der Waals surface area contributed by atoms with Crippen LogP contribution in [0.3, 0.4) is 0 Å². The maximum atomic E-state index is 12.7. The summed E-state index contributed by atoms with van der Waals surface area (Å²) in [4.78, 5) is 35.3. The number of carbonyl (C=O) groups is 2. The van der Waals surface area contributed by atoms with Crippen molar-refractivity contribution in [3.05, 3.63) is 48.6 Å². The summed E-state index contributed by atoms with van der Waals surface area (Å²) in [7, 11) is 1.43. The van der Waals surface area contributed by atoms with E-state index in [-0.39, 0.29) is 26.1 Å². The number of hydrogen-bond acceptors (Lipinski definition) is 7. The molecule has 0 radical (unpaired) electrons. The van der Waals surface area contributed by atoms with E-state index in [9.17, 15) is 19.0 Å². The minimum Gasteiger partial charge on any atom is -0.462 e. The van der Waals surface area contributed by atoms with Gasteiger partial charge in [-0.05, 0) is 70.6 Å². The number of allylic oxidation sites excluding steroid dienone is 8. The van der Waals surface area contributed by atoms with Gasteiger partial charge in [0.15, 0.2) is 6.10 Å². The third-order valence-corrected chi connectivity index (χ3v) is 10.3. The van der Waals surface area contributed by atoms with Crippen LogP contribution in [0.5, 0.6) is 0 Å². The zero-order chi connectivity index (χ0) is 41.4. The van der Waals surface area contributed by atoms with Gasteiger partial charge in [0, 0.05) is 12.8 Å². The molecule has 1 unspecified atom stereocenters. The zero-order valence-corrected chi connectivity index (χ0v) is 37.5. The van der Waals surface area contributed by atoms with Gasteiger partial charge >= 0.3 is 19.8 Å². The highest BCUT2D eigenvalue weighted by Gasteiger charge is 2.27. The van der Waals surface area contributed by atoms with E-state index in [0.717, 1.165) is 51.4 Å². The molecule has 0 saturated carbocycles. The molecule has 0 aromatic carbocycles. The molecular weight excluding hydrogens is 725 g/mol. The molecule has 0 aliphatic rings. The first-order chi connectivity index (χ1) is 27.0. The molecule has 56 heavy (non-hydrogen) atoms. The quantitative estimate of drug-likeness (QED) is 0.0214. The van der Waals surface area contributed by atoms with Gasteiger partial charge in [-0.2, -0.15) is 0 Å². The molecule has 1 N–H and O–H groups in total. The summed E-state index contributed by atoms with van der Waals surface area (Å²) < 4.78 is 34.2. The van der Waals surface area contributed by atoms with Crippen molar-refractivity contribution in [2.24, 2.45) is 0 Å². The molecule has 0 amide bonds. The smallest absolute Gasteiger partial charge is 0.462 e. The number of hydrogen-bond donors (Lipinski definition) is 1. The van der Waals surface area contributed by atoms with Crippen LogP contribution in [-0.2, 0) is 32.7 Å². The second kappa shape index (κ2) is 38.5. The van der Waals surface area contributed by atoms with Gasteiger partial charge in [0.1, 0.15) is 19.8 Å². The minimum absolute atomic E-state index is 0.0193. The van der Waals surface area contributed by atoms with E-state index in [2.05, 4.69) is 62.5 Å². The largest absolute Gasteiger partial charge is 0.472 e. The molecule has 0 aliphatic carbocycles. The summed E-state index contributed by atoms with van der Waals surface area (Å²) in [5, 5.41) is 0. The molecule has 10 heteroatoms. The summed E-state index contributed by atoms with van der Waals surface area (Å²) >= 11 is 0. The number of phosphoric ester groups is 1. The number of unbranched alkanes of at least 4 members (excludes halogenated alkanes) is 18. The Balaban J connectivity index is 4.47. The number of rotatable bonds is 40. The Hall–Kier alpha value is -2.03. The maximum absolute atomic E-state index is 12.7. The number of ether oxygens (including phenoxy) is 2. The summed E-state index contributed by atoms with van der Waals surface area (Å²) in [6, 6.07) is 0. The average molecular weight is 811 g/mol. The van der Waals surface area contributed by atoms with Gasteiger partial charge in [-0.1, -0.05) is 146 Å². The van der Waals surface area contributed by atoms with Crippen molar-refractivity contribution in [3.63, 3.8) is 0 Å². The van der Waals surface area contributed by atoms with Crippen LogP contribution in [0.1, 0.15) is 181 Å². The van der Waals surface area contributed by atoms with Crippen LogP contribution in [0, 0.1) is 0 Å². The Morgan fingerprint density at radius 1 is 0.554 bits per heavy atom. The molecule has 0 aromatic heterocycles. The van der Waals surface area contributed by atoms with Crippen LogP contribution in [0.15, 0.2) is 48.6 Å². The van der Waals surface area contributed by atoms with Crippen LogP contribution >= 0.6 is 7.82 Å². The second-order valence-corrected chi connectivity index (χ2v) is 17.5. The Morgan fingerprint density at radius 3 is 1.50 bits per heavy atom. The van der Waals surface area contributed by atoms with E-state index < -0.39 is 32.5 Å². The fourth-order valence-electron chi connectivity index (χ4n) is 5.79. The molecule has 0 fully saturated rings. The number of esters is 2. The van der Waals surface area contributed by atoms with E-state index in [4.69, 9.17) is 18.5 Å². The number of nitrogens with zero attached hydrogens (tertiary/aromatic N) is 1. The highest BCUT2D eigenvalue weighted by molar-refractivity contribution is 7.47. The van der Waals surface area contributed by atoms with E-state index in [1.54, 1.807) is 0 Å². The van der Waals surface area contributed by atoms with Crippen LogP contribution in [0.2, 0.25) is 0 Å². The summed E-state index contributed by atoms with van der Waals surface area (Å²) in [6.45, 7) is 4.33. The van der Waals surface area contributed by atoms with Gasteiger partial charge in [0.2, 0.25) is 0 Å². The molecule has 0 aliphatic heterocycles. The SMILES string of the molecule is CCCCCCCC/C=C/C/C=C/C/C=C/CCCC(=O)O[C@H](COC(=O)CCCCC/C=C/CCCCCCCCCC)COP(=O)(O)OCC[N+](C)(C)C. The van der Waals surface area contributed by atoms with Crippen molar-refractivity contribution >= 4 is 19.8 Å². The topological polar surface area (TPSA) is 108 Å². The minimum atomic E-state index is -4.39. The number of phosphoric acid groups is 1. The number of quaternary nitrogens is 1. The molecule has 0 bridgehead atoms. The number of likely N-dealkylation sites (N-methyl/N-ethyl adjacent to an activating group) is 1. The van der Waals surface area contributed by atoms with Gasteiger partial charge in [0.25, 0.3) is 0 Å².